The van der Waals surface area contributed by atoms with Gasteiger partial charge in [0.1, 0.15) is 0 Å². The molecule has 1 heterocycles. The van der Waals surface area contributed by atoms with Gasteiger partial charge in [0.2, 0.25) is 0 Å². The smallest absolute Gasteiger partial charge is 0.332 e. The summed E-state index contributed by atoms with van der Waals surface area (Å²) in [6.07, 6.45) is 3.06. The zero-order chi connectivity index (χ0) is 15.2. The zero-order valence-electron chi connectivity index (χ0n) is 11.8. The number of hydrogen-bond acceptors (Lipinski definition) is 6. The van der Waals surface area contributed by atoms with Gasteiger partial charge >= 0.3 is 11.9 Å². The second-order valence-corrected chi connectivity index (χ2v) is 4.36. The first-order valence-electron chi connectivity index (χ1n) is 6.32. The molecule has 0 aromatic heterocycles. The highest BCUT2D eigenvalue weighted by molar-refractivity contribution is 5.87. The first-order chi connectivity index (χ1) is 10.1. The van der Waals surface area contributed by atoms with Gasteiger partial charge in [0.15, 0.2) is 0 Å². The maximum absolute atomic E-state index is 11.4. The number of para-hydroxylation sites is 2. The van der Waals surface area contributed by atoms with Crippen LogP contribution in [-0.4, -0.2) is 26.2 Å². The summed E-state index contributed by atoms with van der Waals surface area (Å²) in [6, 6.07) is 7.49. The lowest BCUT2D eigenvalue weighted by Gasteiger charge is -2.08. The molecule has 0 atom stereocenters. The van der Waals surface area contributed by atoms with Crippen molar-refractivity contribution in [1.29, 1.82) is 0 Å². The molecule has 0 saturated carbocycles. The van der Waals surface area contributed by atoms with Crippen LogP contribution in [0.25, 0.3) is 0 Å². The van der Waals surface area contributed by atoms with Gasteiger partial charge in [-0.1, -0.05) is 12.1 Å². The van der Waals surface area contributed by atoms with E-state index in [0.717, 1.165) is 11.4 Å². The molecular weight excluding hydrogens is 272 g/mol. The Bertz CT molecular complexity index is 567. The first-order valence-corrected chi connectivity index (χ1v) is 6.32. The van der Waals surface area contributed by atoms with Crippen molar-refractivity contribution in [3.8, 4) is 0 Å². The molecular formula is C15H16N2O4. The van der Waals surface area contributed by atoms with E-state index in [1.807, 2.05) is 24.3 Å². The van der Waals surface area contributed by atoms with Crippen LogP contribution in [-0.2, 0) is 19.1 Å². The highest BCUT2D eigenvalue weighted by Gasteiger charge is 2.15. The van der Waals surface area contributed by atoms with Crippen molar-refractivity contribution in [3.05, 3.63) is 47.8 Å². The number of hydrogen-bond donors (Lipinski definition) is 2. The summed E-state index contributed by atoms with van der Waals surface area (Å²) >= 11 is 0. The average Bonchev–Trinajstić information content (AvgIpc) is 2.65. The Hall–Kier alpha value is -2.76. The number of carbonyl (C=O) groups is 2. The SMILES string of the molecule is COC(=O)/C=C1/C/C(=C/C(=O)OC)Nc2ccccc2N1. The number of benzene rings is 1. The number of rotatable bonds is 2. The molecule has 1 aliphatic rings. The third kappa shape index (κ3) is 3.85. The van der Waals surface area contributed by atoms with Gasteiger partial charge in [-0.2, -0.15) is 0 Å². The molecule has 2 rings (SSSR count). The zero-order valence-corrected chi connectivity index (χ0v) is 11.8. The van der Waals surface area contributed by atoms with Crippen LogP contribution in [0, 0.1) is 0 Å². The van der Waals surface area contributed by atoms with Gasteiger partial charge in [-0.15, -0.1) is 0 Å². The van der Waals surface area contributed by atoms with Gasteiger partial charge in [-0.25, -0.2) is 9.59 Å². The number of nitrogens with one attached hydrogen (secondary N) is 2. The molecule has 1 aliphatic heterocycles. The molecule has 2 N–H and O–H groups in total. The van der Waals surface area contributed by atoms with Gasteiger partial charge < -0.3 is 20.1 Å². The van der Waals surface area contributed by atoms with Crippen LogP contribution < -0.4 is 10.6 Å². The lowest BCUT2D eigenvalue weighted by atomic mass is 10.2. The van der Waals surface area contributed by atoms with Crippen molar-refractivity contribution < 1.29 is 19.1 Å². The van der Waals surface area contributed by atoms with E-state index in [2.05, 4.69) is 20.1 Å². The van der Waals surface area contributed by atoms with Crippen LogP contribution in [0.1, 0.15) is 6.42 Å². The summed E-state index contributed by atoms with van der Waals surface area (Å²) in [5.41, 5.74) is 2.85. The fourth-order valence-corrected chi connectivity index (χ4v) is 1.92. The Kier molecular flexibility index (Phi) is 4.61. The van der Waals surface area contributed by atoms with E-state index >= 15 is 0 Å². The molecule has 1 aromatic rings. The minimum atomic E-state index is -0.464. The Morgan fingerprint density at radius 1 is 0.952 bits per heavy atom. The van der Waals surface area contributed by atoms with Crippen molar-refractivity contribution in [2.24, 2.45) is 0 Å². The minimum absolute atomic E-state index is 0.346. The molecule has 0 spiro atoms. The van der Waals surface area contributed by atoms with Crippen molar-refractivity contribution in [3.63, 3.8) is 0 Å². The molecule has 0 unspecified atom stereocenters. The lowest BCUT2D eigenvalue weighted by molar-refractivity contribution is -0.135. The molecule has 0 amide bonds. The fourth-order valence-electron chi connectivity index (χ4n) is 1.92. The van der Waals surface area contributed by atoms with Crippen LogP contribution in [0.2, 0.25) is 0 Å². The van der Waals surface area contributed by atoms with E-state index in [-0.39, 0.29) is 0 Å². The monoisotopic (exact) mass is 288 g/mol. The standard InChI is InChI=1S/C15H16N2O4/c1-20-14(18)8-10-7-11(9-15(19)21-2)17-13-6-4-3-5-12(13)16-10/h3-6,8-9,16-17H,7H2,1-2H3/b10-8-,11-9-. The van der Waals surface area contributed by atoms with Crippen LogP contribution >= 0.6 is 0 Å². The Balaban J connectivity index is 2.39. The van der Waals surface area contributed by atoms with Crippen LogP contribution in [0.5, 0.6) is 0 Å². The van der Waals surface area contributed by atoms with Gasteiger partial charge in [-0.3, -0.25) is 0 Å². The van der Waals surface area contributed by atoms with E-state index in [1.165, 1.54) is 26.4 Å². The van der Waals surface area contributed by atoms with E-state index in [0.29, 0.717) is 17.8 Å². The molecule has 6 heteroatoms. The van der Waals surface area contributed by atoms with Gasteiger partial charge in [0.25, 0.3) is 0 Å². The lowest BCUT2D eigenvalue weighted by Crippen LogP contribution is -2.06. The number of ether oxygens (including phenoxy) is 2. The van der Waals surface area contributed by atoms with Crippen molar-refractivity contribution in [1.82, 2.24) is 0 Å². The fraction of sp³-hybridized carbons (Fsp3) is 0.200. The Morgan fingerprint density at radius 2 is 1.38 bits per heavy atom. The number of fused-ring (bicyclic) bond motifs is 1. The van der Waals surface area contributed by atoms with E-state index in [1.54, 1.807) is 0 Å². The third-order valence-electron chi connectivity index (χ3n) is 2.88. The molecule has 0 bridgehead atoms. The topological polar surface area (TPSA) is 76.7 Å². The quantitative estimate of drug-likeness (QED) is 0.640. The predicted octanol–water partition coefficient (Wildman–Crippen LogP) is 2.03. The van der Waals surface area contributed by atoms with Crippen molar-refractivity contribution in [2.75, 3.05) is 24.9 Å². The molecule has 0 aliphatic carbocycles. The van der Waals surface area contributed by atoms with Gasteiger partial charge in [-0.05, 0) is 12.1 Å². The van der Waals surface area contributed by atoms with E-state index in [4.69, 9.17) is 0 Å². The summed E-state index contributed by atoms with van der Waals surface area (Å²) in [5, 5.41) is 6.30. The molecule has 21 heavy (non-hydrogen) atoms. The molecule has 110 valence electrons. The van der Waals surface area contributed by atoms with Crippen LogP contribution in [0.15, 0.2) is 47.8 Å². The summed E-state index contributed by atoms with van der Waals surface area (Å²) in [7, 11) is 2.63. The predicted molar refractivity (Wildman–Crippen MR) is 78.5 cm³/mol. The van der Waals surface area contributed by atoms with Crippen LogP contribution in [0.4, 0.5) is 11.4 Å². The normalized spacial score (nSPS) is 17.2. The number of anilines is 2. The average molecular weight is 288 g/mol. The molecule has 6 nitrogen and oxygen atoms in total. The molecule has 0 saturated heterocycles. The number of carbonyl (C=O) groups excluding carboxylic acids is 2. The minimum Gasteiger partial charge on any atom is -0.466 e. The van der Waals surface area contributed by atoms with E-state index < -0.39 is 11.9 Å². The van der Waals surface area contributed by atoms with Gasteiger partial charge in [0, 0.05) is 30.0 Å². The molecule has 0 fully saturated rings. The Labute approximate surface area is 122 Å². The summed E-state index contributed by atoms with van der Waals surface area (Å²) in [6.45, 7) is 0. The van der Waals surface area contributed by atoms with Crippen molar-refractivity contribution in [2.45, 2.75) is 6.42 Å². The maximum Gasteiger partial charge on any atom is 0.332 e. The Morgan fingerprint density at radius 3 is 1.76 bits per heavy atom. The van der Waals surface area contributed by atoms with E-state index in [9.17, 15) is 9.59 Å². The second-order valence-electron chi connectivity index (χ2n) is 4.36. The highest BCUT2D eigenvalue weighted by Crippen LogP contribution is 2.30. The summed E-state index contributed by atoms with van der Waals surface area (Å²) in [5.74, 6) is -0.927. The first kappa shape index (κ1) is 14.6. The summed E-state index contributed by atoms with van der Waals surface area (Å²) < 4.78 is 9.26. The van der Waals surface area contributed by atoms with Crippen molar-refractivity contribution >= 4 is 23.3 Å². The number of esters is 2. The number of methoxy groups -OCH3 is 2. The van der Waals surface area contributed by atoms with Gasteiger partial charge in [0.05, 0.1) is 25.6 Å². The maximum atomic E-state index is 11.4. The van der Waals surface area contributed by atoms with Crippen LogP contribution in [0.3, 0.4) is 0 Å². The molecule has 0 radical (unpaired) electrons. The molecule has 1 aromatic carbocycles. The third-order valence-corrected chi connectivity index (χ3v) is 2.88. The highest BCUT2D eigenvalue weighted by atomic mass is 16.5. The largest absolute Gasteiger partial charge is 0.466 e. The second kappa shape index (κ2) is 6.60. The summed E-state index contributed by atoms with van der Waals surface area (Å²) in [4.78, 5) is 22.8.